The summed E-state index contributed by atoms with van der Waals surface area (Å²) in [6, 6.07) is 5.15. The van der Waals surface area contributed by atoms with Crippen LogP contribution in [-0.4, -0.2) is 71.8 Å². The van der Waals surface area contributed by atoms with Gasteiger partial charge in [-0.25, -0.2) is 4.99 Å². The van der Waals surface area contributed by atoms with Gasteiger partial charge in [0.2, 0.25) is 5.91 Å². The molecule has 0 bridgehead atoms. The van der Waals surface area contributed by atoms with E-state index in [1.807, 2.05) is 19.3 Å². The van der Waals surface area contributed by atoms with Gasteiger partial charge in [-0.15, -0.1) is 0 Å². The third-order valence-corrected chi connectivity index (χ3v) is 5.11. The zero-order valence-corrected chi connectivity index (χ0v) is 17.0. The quantitative estimate of drug-likeness (QED) is 0.744. The average Bonchev–Trinajstić information content (AvgIpc) is 2.67. The summed E-state index contributed by atoms with van der Waals surface area (Å²) < 4.78 is 4.30. The van der Waals surface area contributed by atoms with Crippen molar-refractivity contribution in [2.45, 2.75) is 6.92 Å². The first-order valence-corrected chi connectivity index (χ1v) is 10.3. The van der Waals surface area contributed by atoms with Gasteiger partial charge in [0.05, 0.1) is 6.54 Å². The predicted octanol–water partition coefficient (Wildman–Crippen LogP) is 2.46. The number of carbonyl (C=O) groups is 1. The number of nitrogens with one attached hydrogen (secondary N) is 1. The fourth-order valence-corrected chi connectivity index (χ4v) is 3.50. The Bertz CT molecular complexity index is 854. The van der Waals surface area contributed by atoms with E-state index < -0.39 is 0 Å². The number of phenolic OH excluding ortho intramolecular Hbond substituents is 1. The Balaban J connectivity index is 1.51. The summed E-state index contributed by atoms with van der Waals surface area (Å²) in [4.78, 5) is 21.0. The van der Waals surface area contributed by atoms with E-state index >= 15 is 0 Å². The summed E-state index contributed by atoms with van der Waals surface area (Å²) in [6.45, 7) is 9.45. The van der Waals surface area contributed by atoms with E-state index in [0.29, 0.717) is 18.1 Å². The van der Waals surface area contributed by atoms with Crippen molar-refractivity contribution < 1.29 is 9.90 Å². The van der Waals surface area contributed by atoms with Gasteiger partial charge in [-0.2, -0.15) is 4.40 Å². The molecule has 7 nitrogen and oxygen atoms in total. The van der Waals surface area contributed by atoms with Gasteiger partial charge in [0, 0.05) is 61.7 Å². The Morgan fingerprint density at radius 1 is 1.36 bits per heavy atom. The first-order valence-electron chi connectivity index (χ1n) is 9.10. The van der Waals surface area contributed by atoms with Crippen LogP contribution in [0.4, 0.5) is 5.69 Å². The number of allylic oxidation sites excluding steroid dienone is 1. The summed E-state index contributed by atoms with van der Waals surface area (Å²) in [5.41, 5.74) is 3.27. The maximum atomic E-state index is 12.3. The minimum atomic E-state index is -0.0838. The Kier molecular flexibility index (Phi) is 6.53. The normalized spacial score (nSPS) is 19.1. The number of hydrogen-bond donors (Lipinski definition) is 2. The molecule has 0 aromatic heterocycles. The van der Waals surface area contributed by atoms with Crippen LogP contribution < -0.4 is 5.32 Å². The number of dihydropyridines is 1. The van der Waals surface area contributed by atoms with Crippen LogP contribution in [0.5, 0.6) is 5.75 Å². The lowest BCUT2D eigenvalue weighted by molar-refractivity contribution is -0.117. The molecule has 0 spiro atoms. The van der Waals surface area contributed by atoms with Crippen molar-refractivity contribution in [3.05, 3.63) is 47.7 Å². The van der Waals surface area contributed by atoms with Crippen molar-refractivity contribution in [1.82, 2.24) is 9.80 Å². The first kappa shape index (κ1) is 20.2. The summed E-state index contributed by atoms with van der Waals surface area (Å²) in [7, 11) is 0. The van der Waals surface area contributed by atoms with Gasteiger partial charge in [0.1, 0.15) is 5.75 Å². The number of amidine groups is 1. The smallest absolute Gasteiger partial charge is 0.238 e. The van der Waals surface area contributed by atoms with E-state index in [-0.39, 0.29) is 11.7 Å². The van der Waals surface area contributed by atoms with E-state index in [2.05, 4.69) is 31.1 Å². The van der Waals surface area contributed by atoms with Crippen molar-refractivity contribution in [3.63, 3.8) is 0 Å². The summed E-state index contributed by atoms with van der Waals surface area (Å²) in [5, 5.41) is 12.6. The fourth-order valence-electron chi connectivity index (χ4n) is 3.17. The second-order valence-electron chi connectivity index (χ2n) is 6.72. The maximum absolute atomic E-state index is 12.3. The van der Waals surface area contributed by atoms with Crippen molar-refractivity contribution in [3.8, 4) is 5.75 Å². The summed E-state index contributed by atoms with van der Waals surface area (Å²) >= 11 is 1.37. The second-order valence-corrected chi connectivity index (χ2v) is 7.27. The van der Waals surface area contributed by atoms with Crippen molar-refractivity contribution in [1.29, 1.82) is 0 Å². The van der Waals surface area contributed by atoms with Gasteiger partial charge in [-0.1, -0.05) is 12.6 Å². The Morgan fingerprint density at radius 3 is 2.79 bits per heavy atom. The van der Waals surface area contributed by atoms with Gasteiger partial charge in [0.15, 0.2) is 5.84 Å². The minimum Gasteiger partial charge on any atom is -0.508 e. The van der Waals surface area contributed by atoms with Crippen LogP contribution in [-0.2, 0) is 4.79 Å². The Morgan fingerprint density at radius 2 is 2.11 bits per heavy atom. The topological polar surface area (TPSA) is 80.5 Å². The van der Waals surface area contributed by atoms with Crippen LogP contribution in [0.1, 0.15) is 5.56 Å². The van der Waals surface area contributed by atoms with Gasteiger partial charge >= 0.3 is 0 Å². The molecule has 0 aliphatic carbocycles. The SMILES string of the molecule is C=C1C(N2CCN(CC(=O)Nc3ccc(C)c(O)c3)CC2)=CC=N/C1=N/SC. The molecular weight excluding hydrogens is 374 g/mol. The number of hydrogen-bond acceptors (Lipinski definition) is 6. The molecule has 148 valence electrons. The highest BCUT2D eigenvalue weighted by Crippen LogP contribution is 2.22. The average molecular weight is 400 g/mol. The lowest BCUT2D eigenvalue weighted by Gasteiger charge is -2.37. The maximum Gasteiger partial charge on any atom is 0.238 e. The predicted molar refractivity (Wildman–Crippen MR) is 116 cm³/mol. The van der Waals surface area contributed by atoms with E-state index in [4.69, 9.17) is 0 Å². The van der Waals surface area contributed by atoms with Gasteiger partial charge < -0.3 is 15.3 Å². The molecule has 8 heteroatoms. The van der Waals surface area contributed by atoms with E-state index in [9.17, 15) is 9.90 Å². The number of aromatic hydroxyl groups is 1. The number of piperazine rings is 1. The number of aliphatic imine (C=N–C) groups is 1. The summed E-state index contributed by atoms with van der Waals surface area (Å²) in [5.74, 6) is 0.757. The van der Waals surface area contributed by atoms with Crippen molar-refractivity contribution in [2.24, 2.45) is 9.39 Å². The number of aryl methyl sites for hydroxylation is 1. The molecule has 0 radical (unpaired) electrons. The summed E-state index contributed by atoms with van der Waals surface area (Å²) in [6.07, 6.45) is 5.62. The molecule has 3 rings (SSSR count). The molecule has 2 heterocycles. The molecule has 0 unspecified atom stereocenters. The molecule has 1 saturated heterocycles. The molecule has 0 saturated carbocycles. The van der Waals surface area contributed by atoms with Crippen LogP contribution in [0, 0.1) is 6.92 Å². The van der Waals surface area contributed by atoms with Crippen LogP contribution >= 0.6 is 11.9 Å². The lowest BCUT2D eigenvalue weighted by atomic mass is 10.1. The molecule has 1 aromatic rings. The molecule has 1 fully saturated rings. The van der Waals surface area contributed by atoms with Crippen LogP contribution in [0.25, 0.3) is 0 Å². The van der Waals surface area contributed by atoms with Crippen molar-refractivity contribution in [2.75, 3.05) is 44.3 Å². The molecule has 28 heavy (non-hydrogen) atoms. The number of benzene rings is 1. The second kappa shape index (κ2) is 9.07. The number of nitrogens with zero attached hydrogens (tertiary/aromatic N) is 4. The monoisotopic (exact) mass is 399 g/mol. The molecule has 1 aromatic carbocycles. The Hall–Kier alpha value is -2.58. The number of anilines is 1. The molecule has 0 atom stereocenters. The van der Waals surface area contributed by atoms with Crippen LogP contribution in [0.3, 0.4) is 0 Å². The minimum absolute atomic E-state index is 0.0838. The standard InChI is InChI=1S/C20H25N5O2S/c1-14-4-5-16(12-18(14)26)22-19(27)13-24-8-10-25(11-9-24)17-6-7-21-20(15(17)2)23-28-3/h4-7,12,26H,2,8-11,13H2,1,3H3,(H,22,27)/b23-20+. The van der Waals surface area contributed by atoms with E-state index in [1.165, 1.54) is 11.9 Å². The zero-order valence-electron chi connectivity index (χ0n) is 16.2. The van der Waals surface area contributed by atoms with E-state index in [1.54, 1.807) is 24.4 Å². The third kappa shape index (κ3) is 4.82. The number of amides is 1. The van der Waals surface area contributed by atoms with E-state index in [0.717, 1.165) is 43.0 Å². The Labute approximate surface area is 169 Å². The first-order chi connectivity index (χ1) is 13.5. The zero-order chi connectivity index (χ0) is 20.1. The molecule has 2 aliphatic heterocycles. The molecule has 1 amide bonds. The van der Waals surface area contributed by atoms with Crippen LogP contribution in [0.2, 0.25) is 0 Å². The highest BCUT2D eigenvalue weighted by molar-refractivity contribution is 7.97. The van der Waals surface area contributed by atoms with Gasteiger partial charge in [-0.3, -0.25) is 9.69 Å². The highest BCUT2D eigenvalue weighted by atomic mass is 32.2. The molecular formula is C20H25N5O2S. The highest BCUT2D eigenvalue weighted by Gasteiger charge is 2.24. The van der Waals surface area contributed by atoms with Crippen molar-refractivity contribution >= 4 is 35.6 Å². The molecule has 2 N–H and O–H groups in total. The van der Waals surface area contributed by atoms with Crippen LogP contribution in [0.15, 0.2) is 51.5 Å². The molecule has 2 aliphatic rings. The lowest BCUT2D eigenvalue weighted by Crippen LogP contribution is -2.48. The van der Waals surface area contributed by atoms with Gasteiger partial charge in [0.25, 0.3) is 0 Å². The number of rotatable bonds is 5. The number of phenols is 1. The third-order valence-electron chi connectivity index (χ3n) is 4.76. The number of carbonyl (C=O) groups excluding carboxylic acids is 1. The van der Waals surface area contributed by atoms with Gasteiger partial charge in [-0.05, 0) is 36.6 Å². The largest absolute Gasteiger partial charge is 0.508 e. The fraction of sp³-hybridized carbons (Fsp3) is 0.350.